The number of benzene rings is 1. The first-order chi connectivity index (χ1) is 11.2. The maximum atomic E-state index is 11.6. The van der Waals surface area contributed by atoms with E-state index >= 15 is 0 Å². The van der Waals surface area contributed by atoms with Crippen molar-refractivity contribution >= 4 is 18.1 Å². The molecule has 23 heavy (non-hydrogen) atoms. The summed E-state index contributed by atoms with van der Waals surface area (Å²) in [5.74, 6) is -0.371. The normalized spacial score (nSPS) is 10.6. The third-order valence-corrected chi connectivity index (χ3v) is 3.15. The Morgan fingerprint density at radius 3 is 2.17 bits per heavy atom. The number of nitrogens with zero attached hydrogens (tertiary/aromatic N) is 1. The maximum absolute atomic E-state index is 11.6. The Hall–Kier alpha value is -1.92. The van der Waals surface area contributed by atoms with Crippen LogP contribution in [-0.2, 0) is 19.0 Å². The topological polar surface area (TPSA) is 65.1 Å². The lowest BCUT2D eigenvalue weighted by Crippen LogP contribution is -2.28. The molecule has 1 amide bonds. The fourth-order valence-electron chi connectivity index (χ4n) is 2.08. The molecule has 6 nitrogen and oxygen atoms in total. The van der Waals surface area contributed by atoms with Gasteiger partial charge in [-0.05, 0) is 45.0 Å². The molecule has 0 N–H and O–H groups in total. The first kappa shape index (κ1) is 19.1. The number of rotatable bonds is 11. The van der Waals surface area contributed by atoms with E-state index in [4.69, 9.17) is 14.2 Å². The van der Waals surface area contributed by atoms with Gasteiger partial charge in [-0.2, -0.15) is 0 Å². The maximum Gasteiger partial charge on any atom is 0.338 e. The van der Waals surface area contributed by atoms with Crippen molar-refractivity contribution in [3.63, 3.8) is 0 Å². The van der Waals surface area contributed by atoms with Crippen LogP contribution in [0.25, 0.3) is 0 Å². The highest BCUT2D eigenvalue weighted by molar-refractivity contribution is 5.90. The predicted octanol–water partition coefficient (Wildman–Crippen LogP) is 2.62. The largest absolute Gasteiger partial charge is 0.462 e. The van der Waals surface area contributed by atoms with Crippen molar-refractivity contribution in [3.8, 4) is 0 Å². The molecule has 0 unspecified atom stereocenters. The van der Waals surface area contributed by atoms with Gasteiger partial charge in [-0.25, -0.2) is 4.79 Å². The van der Waals surface area contributed by atoms with E-state index in [2.05, 4.69) is 0 Å². The number of carbonyl (C=O) groups is 2. The summed E-state index contributed by atoms with van der Waals surface area (Å²) in [6.45, 7) is 7.47. The quantitative estimate of drug-likeness (QED) is 0.356. The van der Waals surface area contributed by atoms with Crippen molar-refractivity contribution in [2.75, 3.05) is 31.3 Å². The van der Waals surface area contributed by atoms with E-state index in [1.807, 2.05) is 13.8 Å². The van der Waals surface area contributed by atoms with Crippen LogP contribution >= 0.6 is 0 Å². The lowest BCUT2D eigenvalue weighted by molar-refractivity contribution is -0.138. The number of ether oxygens (including phenoxy) is 3. The van der Waals surface area contributed by atoms with Crippen molar-refractivity contribution in [2.24, 2.45) is 0 Å². The Morgan fingerprint density at radius 2 is 1.70 bits per heavy atom. The summed E-state index contributed by atoms with van der Waals surface area (Å²) in [5.41, 5.74) is 1.17. The lowest BCUT2D eigenvalue weighted by Gasteiger charge is -2.22. The monoisotopic (exact) mass is 323 g/mol. The summed E-state index contributed by atoms with van der Waals surface area (Å²) in [7, 11) is 0. The van der Waals surface area contributed by atoms with Gasteiger partial charge in [-0.15, -0.1) is 0 Å². The zero-order valence-electron chi connectivity index (χ0n) is 14.0. The van der Waals surface area contributed by atoms with Crippen LogP contribution in [0.15, 0.2) is 24.3 Å². The van der Waals surface area contributed by atoms with Crippen LogP contribution < -0.4 is 4.90 Å². The van der Waals surface area contributed by atoms with Crippen molar-refractivity contribution in [1.82, 2.24) is 0 Å². The van der Waals surface area contributed by atoms with Crippen LogP contribution in [0.3, 0.4) is 0 Å². The van der Waals surface area contributed by atoms with Gasteiger partial charge in [-0.1, -0.05) is 0 Å². The smallest absolute Gasteiger partial charge is 0.338 e. The molecule has 1 rings (SSSR count). The molecule has 0 aliphatic heterocycles. The van der Waals surface area contributed by atoms with Gasteiger partial charge < -0.3 is 19.1 Å². The molecule has 0 radical (unpaired) electrons. The Morgan fingerprint density at radius 1 is 1.09 bits per heavy atom. The zero-order chi connectivity index (χ0) is 17.1. The summed E-state index contributed by atoms with van der Waals surface area (Å²) in [4.78, 5) is 24.5. The van der Waals surface area contributed by atoms with Gasteiger partial charge in [-0.3, -0.25) is 4.79 Å². The molecule has 1 aromatic rings. The van der Waals surface area contributed by atoms with Gasteiger partial charge in [0.05, 0.1) is 12.2 Å². The summed E-state index contributed by atoms with van der Waals surface area (Å²) in [6, 6.07) is 6.73. The Balaban J connectivity index is 2.66. The number of amides is 1. The molecule has 6 heteroatoms. The average Bonchev–Trinajstić information content (AvgIpc) is 2.56. The summed E-state index contributed by atoms with van der Waals surface area (Å²) in [6.07, 6.45) is 1.00. The van der Waals surface area contributed by atoms with Crippen molar-refractivity contribution in [3.05, 3.63) is 29.8 Å². The molecule has 0 spiro atoms. The van der Waals surface area contributed by atoms with E-state index in [-0.39, 0.29) is 12.3 Å². The van der Waals surface area contributed by atoms with Gasteiger partial charge in [0.1, 0.15) is 0 Å². The van der Waals surface area contributed by atoms with Gasteiger partial charge in [0, 0.05) is 31.9 Å². The number of anilines is 1. The van der Waals surface area contributed by atoms with Gasteiger partial charge in [0.15, 0.2) is 6.29 Å². The molecule has 0 aliphatic rings. The Kier molecular flexibility index (Phi) is 8.94. The standard InChI is InChI=1S/C17H25NO5/c1-4-21-16(22-5-2)11-12-18(13-19)15-9-7-14(8-10-15)17(20)23-6-3/h7-10,13,16H,4-6,11-12H2,1-3H3. The van der Waals surface area contributed by atoms with Crippen LogP contribution in [0.1, 0.15) is 37.6 Å². The second-order valence-corrected chi connectivity index (χ2v) is 4.70. The van der Waals surface area contributed by atoms with E-state index < -0.39 is 0 Å². The van der Waals surface area contributed by atoms with Crippen LogP contribution in [0, 0.1) is 0 Å². The van der Waals surface area contributed by atoms with Crippen molar-refractivity contribution in [2.45, 2.75) is 33.5 Å². The summed E-state index contributed by atoms with van der Waals surface area (Å²) < 4.78 is 15.9. The molecule has 0 fully saturated rings. The fourth-order valence-corrected chi connectivity index (χ4v) is 2.08. The van der Waals surface area contributed by atoms with Crippen LogP contribution in [-0.4, -0.2) is 45.0 Å². The SMILES string of the molecule is CCOC(=O)c1ccc(N(C=O)CCC(OCC)OCC)cc1. The molecule has 0 aliphatic carbocycles. The first-order valence-electron chi connectivity index (χ1n) is 7.88. The van der Waals surface area contributed by atoms with Crippen LogP contribution in [0.2, 0.25) is 0 Å². The van der Waals surface area contributed by atoms with Crippen LogP contribution in [0.4, 0.5) is 5.69 Å². The second kappa shape index (κ2) is 10.7. The van der Waals surface area contributed by atoms with Gasteiger partial charge in [0.2, 0.25) is 6.41 Å². The molecule has 128 valence electrons. The molecule has 0 saturated heterocycles. The van der Waals surface area contributed by atoms with E-state index in [1.165, 1.54) is 0 Å². The fraction of sp³-hybridized carbons (Fsp3) is 0.529. The number of esters is 1. The average molecular weight is 323 g/mol. The van der Waals surface area contributed by atoms with Gasteiger partial charge >= 0.3 is 5.97 Å². The molecule has 0 saturated carbocycles. The van der Waals surface area contributed by atoms with E-state index in [0.29, 0.717) is 44.0 Å². The van der Waals surface area contributed by atoms with Crippen LogP contribution in [0.5, 0.6) is 0 Å². The lowest BCUT2D eigenvalue weighted by atomic mass is 10.2. The molecule has 0 heterocycles. The molecular formula is C17H25NO5. The third-order valence-electron chi connectivity index (χ3n) is 3.15. The minimum atomic E-state index is -0.371. The van der Waals surface area contributed by atoms with Crippen molar-refractivity contribution < 1.29 is 23.8 Å². The molecule has 0 bridgehead atoms. The Bertz CT molecular complexity index is 468. The molecule has 0 aromatic heterocycles. The Labute approximate surface area is 137 Å². The zero-order valence-corrected chi connectivity index (χ0v) is 14.0. The first-order valence-corrected chi connectivity index (χ1v) is 7.88. The minimum Gasteiger partial charge on any atom is -0.462 e. The molecule has 0 atom stereocenters. The van der Waals surface area contributed by atoms with Gasteiger partial charge in [0.25, 0.3) is 0 Å². The van der Waals surface area contributed by atoms with E-state index in [1.54, 1.807) is 36.1 Å². The highest BCUT2D eigenvalue weighted by Crippen LogP contribution is 2.16. The van der Waals surface area contributed by atoms with Crippen molar-refractivity contribution in [1.29, 1.82) is 0 Å². The molecular weight excluding hydrogens is 298 g/mol. The number of hydrogen-bond acceptors (Lipinski definition) is 5. The predicted molar refractivity (Wildman–Crippen MR) is 87.5 cm³/mol. The molecule has 1 aromatic carbocycles. The second-order valence-electron chi connectivity index (χ2n) is 4.70. The third kappa shape index (κ3) is 6.38. The highest BCUT2D eigenvalue weighted by Gasteiger charge is 2.13. The summed E-state index contributed by atoms with van der Waals surface area (Å²) >= 11 is 0. The minimum absolute atomic E-state index is 0.328. The number of hydrogen-bond donors (Lipinski definition) is 0. The summed E-state index contributed by atoms with van der Waals surface area (Å²) in [5, 5.41) is 0. The van der Waals surface area contributed by atoms with E-state index in [0.717, 1.165) is 6.41 Å². The van der Waals surface area contributed by atoms with E-state index in [9.17, 15) is 9.59 Å². The number of carbonyl (C=O) groups excluding carboxylic acids is 2. The highest BCUT2D eigenvalue weighted by atomic mass is 16.7.